The third-order valence-corrected chi connectivity index (χ3v) is 7.09. The minimum absolute atomic E-state index is 0.277. The molecule has 13 nitrogen and oxygen atoms in total. The number of tetrazole rings is 1. The van der Waals surface area contributed by atoms with E-state index in [9.17, 15) is 19.2 Å². The van der Waals surface area contributed by atoms with Gasteiger partial charge in [-0.2, -0.15) is 0 Å². The molecule has 3 heterocycles. The zero-order valence-corrected chi connectivity index (χ0v) is 19.1. The van der Waals surface area contributed by atoms with Crippen LogP contribution in [0.15, 0.2) is 30.3 Å². The van der Waals surface area contributed by atoms with Crippen LogP contribution in [-0.2, 0) is 23.9 Å². The van der Waals surface area contributed by atoms with Crippen molar-refractivity contribution in [2.24, 2.45) is 0 Å². The number of aromatic nitrogens is 4. The number of β-lactam (4-membered cyclic amide) rings is 1. The van der Waals surface area contributed by atoms with Gasteiger partial charge in [-0.25, -0.2) is 9.89 Å². The van der Waals surface area contributed by atoms with Gasteiger partial charge in [-0.3, -0.25) is 14.4 Å². The lowest BCUT2D eigenvalue weighted by atomic mass is 9.95. The highest BCUT2D eigenvalue weighted by atomic mass is 32.2. The molecule has 2 aromatic rings. The molecule has 1 aromatic carbocycles. The van der Waals surface area contributed by atoms with Gasteiger partial charge in [0.25, 0.3) is 0 Å². The fourth-order valence-corrected chi connectivity index (χ4v) is 5.72. The van der Waals surface area contributed by atoms with E-state index in [2.05, 4.69) is 31.3 Å². The molecule has 2 aliphatic rings. The van der Waals surface area contributed by atoms with E-state index in [1.165, 1.54) is 11.8 Å². The highest BCUT2D eigenvalue weighted by Gasteiger charge is 2.63. The molecular weight excluding hydrogens is 466 g/mol. The molecule has 1 aromatic heterocycles. The lowest BCUT2D eigenvalue weighted by Gasteiger charge is -2.44. The number of carbonyl (C=O) groups excluding carboxylic acids is 3. The van der Waals surface area contributed by atoms with E-state index in [4.69, 9.17) is 9.84 Å². The maximum Gasteiger partial charge on any atom is 0.329 e. The number of carbonyl (C=O) groups is 4. The Labute approximate surface area is 198 Å². The van der Waals surface area contributed by atoms with E-state index in [-0.39, 0.29) is 17.3 Å². The van der Waals surface area contributed by atoms with Gasteiger partial charge in [0.15, 0.2) is 5.82 Å². The predicted octanol–water partition coefficient (Wildman–Crippen LogP) is -0.622. The maximum absolute atomic E-state index is 13.2. The van der Waals surface area contributed by atoms with Crippen molar-refractivity contribution in [3.05, 3.63) is 41.7 Å². The predicted molar refractivity (Wildman–Crippen MR) is 117 cm³/mol. The van der Waals surface area contributed by atoms with Gasteiger partial charge in [0.2, 0.25) is 17.7 Å². The molecular formula is C20H23N7O6S. The van der Waals surface area contributed by atoms with Gasteiger partial charge in [0.1, 0.15) is 36.7 Å². The van der Waals surface area contributed by atoms with Crippen molar-refractivity contribution < 1.29 is 29.0 Å². The Balaban J connectivity index is 1.46. The van der Waals surface area contributed by atoms with E-state index < -0.39 is 47.8 Å². The first-order chi connectivity index (χ1) is 16.2. The van der Waals surface area contributed by atoms with Gasteiger partial charge >= 0.3 is 5.97 Å². The molecule has 180 valence electrons. The van der Waals surface area contributed by atoms with E-state index in [0.29, 0.717) is 11.4 Å². The molecule has 2 aliphatic heterocycles. The maximum atomic E-state index is 13.2. The molecule has 3 amide bonds. The zero-order chi connectivity index (χ0) is 24.5. The average Bonchev–Trinajstić information content (AvgIpc) is 3.40. The zero-order valence-electron chi connectivity index (χ0n) is 18.3. The summed E-state index contributed by atoms with van der Waals surface area (Å²) in [5.41, 5.74) is 0.500. The number of fused-ring (bicyclic) bond motifs is 1. The second kappa shape index (κ2) is 9.38. The summed E-state index contributed by atoms with van der Waals surface area (Å²) in [6.45, 7) is 2.77. The largest absolute Gasteiger partial charge is 0.480 e. The first-order valence-corrected chi connectivity index (χ1v) is 11.2. The Morgan fingerprint density at radius 3 is 2.65 bits per heavy atom. The van der Waals surface area contributed by atoms with Gasteiger partial charge in [-0.15, -0.1) is 16.9 Å². The van der Waals surface area contributed by atoms with Crippen molar-refractivity contribution in [3.8, 4) is 0 Å². The molecule has 3 unspecified atom stereocenters. The summed E-state index contributed by atoms with van der Waals surface area (Å²) in [6, 6.07) is 6.25. The minimum atomic E-state index is -1.21. The van der Waals surface area contributed by atoms with Crippen LogP contribution in [0.5, 0.6) is 0 Å². The molecule has 0 radical (unpaired) electrons. The highest BCUT2D eigenvalue weighted by Crippen LogP contribution is 2.56. The lowest BCUT2D eigenvalue weighted by Crippen LogP contribution is -2.68. The molecule has 0 bridgehead atoms. The quantitative estimate of drug-likeness (QED) is 0.332. The van der Waals surface area contributed by atoms with Gasteiger partial charge in [0.05, 0.1) is 0 Å². The summed E-state index contributed by atoms with van der Waals surface area (Å²) in [5, 5.41) is 27.5. The number of amides is 3. The number of nitrogens with zero attached hydrogens (tertiary/aromatic N) is 4. The second-order valence-electron chi connectivity index (χ2n) is 8.33. The van der Waals surface area contributed by atoms with Crippen LogP contribution in [0.4, 0.5) is 0 Å². The van der Waals surface area contributed by atoms with Crippen LogP contribution >= 0.6 is 11.8 Å². The number of rotatable bonds is 9. The molecule has 4 atom stereocenters. The SMILES string of the molecule is CC1(C)S[C@H]2C(NC(=O)C(NC(=O)COCC(=O)O)c3ccccc3)C(=O)N2C1c1nnn[nH]1. The monoisotopic (exact) mass is 489 g/mol. The smallest absolute Gasteiger partial charge is 0.329 e. The fraction of sp³-hybridized carbons (Fsp3) is 0.450. The summed E-state index contributed by atoms with van der Waals surface area (Å²) in [4.78, 5) is 50.7. The Hall–Kier alpha value is -3.52. The second-order valence-corrected chi connectivity index (χ2v) is 10.1. The number of thioether (sulfide) groups is 1. The number of aromatic amines is 1. The van der Waals surface area contributed by atoms with Gasteiger partial charge in [-0.1, -0.05) is 30.3 Å². The number of ether oxygens (including phenoxy) is 1. The molecule has 2 fully saturated rings. The summed E-state index contributed by atoms with van der Waals surface area (Å²) in [6.07, 6.45) is 0. The van der Waals surface area contributed by atoms with Crippen LogP contribution in [-0.4, -0.2) is 83.7 Å². The summed E-state index contributed by atoms with van der Waals surface area (Å²) >= 11 is 1.52. The van der Waals surface area contributed by atoms with Gasteiger partial charge in [-0.05, 0) is 29.8 Å². The fourth-order valence-electron chi connectivity index (χ4n) is 4.09. The van der Waals surface area contributed by atoms with Crippen molar-refractivity contribution in [2.75, 3.05) is 13.2 Å². The van der Waals surface area contributed by atoms with Crippen LogP contribution < -0.4 is 10.6 Å². The number of carboxylic acid groups (broad SMARTS) is 1. The van der Waals surface area contributed by atoms with Gasteiger partial charge in [0, 0.05) is 4.75 Å². The topological polar surface area (TPSA) is 179 Å². The van der Waals surface area contributed by atoms with E-state index >= 15 is 0 Å². The Kier molecular flexibility index (Phi) is 6.52. The molecule has 14 heteroatoms. The lowest BCUT2D eigenvalue weighted by molar-refractivity contribution is -0.152. The number of H-pyrrole nitrogens is 1. The van der Waals surface area contributed by atoms with Crippen molar-refractivity contribution in [3.63, 3.8) is 0 Å². The van der Waals surface area contributed by atoms with Crippen molar-refractivity contribution in [2.45, 2.75) is 42.1 Å². The summed E-state index contributed by atoms with van der Waals surface area (Å²) in [7, 11) is 0. The molecule has 4 N–H and O–H groups in total. The van der Waals surface area contributed by atoms with Crippen LogP contribution in [0.25, 0.3) is 0 Å². The van der Waals surface area contributed by atoms with Crippen LogP contribution in [0, 0.1) is 0 Å². The number of nitrogens with one attached hydrogen (secondary N) is 3. The summed E-state index contributed by atoms with van der Waals surface area (Å²) in [5.74, 6) is -2.26. The third-order valence-electron chi connectivity index (χ3n) is 5.52. The number of hydrogen-bond donors (Lipinski definition) is 4. The molecule has 0 saturated carbocycles. The number of hydrogen-bond acceptors (Lipinski definition) is 9. The minimum Gasteiger partial charge on any atom is -0.480 e. The van der Waals surface area contributed by atoms with Crippen LogP contribution in [0.3, 0.4) is 0 Å². The standard InChI is InChI=1S/C20H23N7O6S/c1-20(2)15(16-23-25-26-24-16)27-18(32)14(19(27)34-20)22-17(31)13(10-6-4-3-5-7-10)21-11(28)8-33-9-12(29)30/h3-7,13-15,19H,8-9H2,1-2H3,(H,21,28)(H,22,31)(H,29,30)(H,23,24,25,26)/t13?,14?,15?,19-/m0/s1. The number of benzene rings is 1. The normalized spacial score (nSPS) is 23.5. The Bertz CT molecular complexity index is 1080. The Morgan fingerprint density at radius 2 is 2.00 bits per heavy atom. The van der Waals surface area contributed by atoms with Crippen LogP contribution in [0.1, 0.15) is 37.3 Å². The first kappa shape index (κ1) is 23.6. The molecule has 0 aliphatic carbocycles. The average molecular weight is 490 g/mol. The van der Waals surface area contributed by atoms with Crippen molar-refractivity contribution >= 4 is 35.5 Å². The van der Waals surface area contributed by atoms with Crippen LogP contribution in [0.2, 0.25) is 0 Å². The molecule has 2 saturated heterocycles. The highest BCUT2D eigenvalue weighted by molar-refractivity contribution is 8.01. The molecule has 4 rings (SSSR count). The van der Waals surface area contributed by atoms with E-state index in [1.54, 1.807) is 35.2 Å². The van der Waals surface area contributed by atoms with Gasteiger partial charge < -0.3 is 25.4 Å². The Morgan fingerprint density at radius 1 is 1.26 bits per heavy atom. The number of aliphatic carboxylic acids is 1. The first-order valence-electron chi connectivity index (χ1n) is 10.4. The number of carboxylic acids is 1. The van der Waals surface area contributed by atoms with E-state index in [1.807, 2.05) is 13.8 Å². The molecule has 34 heavy (non-hydrogen) atoms. The van der Waals surface area contributed by atoms with Crippen molar-refractivity contribution in [1.82, 2.24) is 36.2 Å². The molecule has 0 spiro atoms. The van der Waals surface area contributed by atoms with Crippen molar-refractivity contribution in [1.29, 1.82) is 0 Å². The van der Waals surface area contributed by atoms with E-state index in [0.717, 1.165) is 0 Å². The third kappa shape index (κ3) is 4.59. The summed E-state index contributed by atoms with van der Waals surface area (Å²) < 4.78 is 4.40.